The smallest absolute Gasteiger partial charge is 0.269 e. The average molecular weight is 659 g/mol. The molecule has 1 N–H and O–H groups in total. The fourth-order valence-electron chi connectivity index (χ4n) is 4.93. The third-order valence-corrected chi connectivity index (χ3v) is 9.19. The summed E-state index contributed by atoms with van der Waals surface area (Å²) in [4.78, 5) is 40.4. The molecule has 0 bridgehead atoms. The van der Waals surface area contributed by atoms with Gasteiger partial charge in [0.1, 0.15) is 18.3 Å². The molecule has 4 aromatic carbocycles. The summed E-state index contributed by atoms with van der Waals surface area (Å²) >= 11 is 0. The van der Waals surface area contributed by atoms with E-state index in [9.17, 15) is 28.1 Å². The number of carbonyl (C=O) groups is 2. The summed E-state index contributed by atoms with van der Waals surface area (Å²) in [6, 6.07) is 27.9. The van der Waals surface area contributed by atoms with Crippen molar-refractivity contribution in [2.45, 2.75) is 37.8 Å². The van der Waals surface area contributed by atoms with Crippen LogP contribution in [0.2, 0.25) is 0 Å². The zero-order valence-electron chi connectivity index (χ0n) is 26.5. The van der Waals surface area contributed by atoms with Gasteiger partial charge < -0.3 is 15.0 Å². The maximum absolute atomic E-state index is 14.5. The Morgan fingerprint density at radius 2 is 1.49 bits per heavy atom. The zero-order chi connectivity index (χ0) is 34.0. The van der Waals surface area contributed by atoms with Gasteiger partial charge in [0, 0.05) is 31.6 Å². The molecule has 0 aliphatic rings. The number of amides is 2. The van der Waals surface area contributed by atoms with Crippen LogP contribution in [0.3, 0.4) is 0 Å². The van der Waals surface area contributed by atoms with Crippen LogP contribution in [0.15, 0.2) is 114 Å². The first-order chi connectivity index (χ1) is 22.5. The number of rotatable bonds is 15. The first-order valence-corrected chi connectivity index (χ1v) is 16.5. The number of nitro benzene ring substituents is 1. The van der Waals surface area contributed by atoms with Crippen molar-refractivity contribution >= 4 is 33.2 Å². The van der Waals surface area contributed by atoms with Crippen molar-refractivity contribution in [2.75, 3.05) is 24.5 Å². The van der Waals surface area contributed by atoms with E-state index in [4.69, 9.17) is 4.74 Å². The number of non-ortho nitro benzene ring substituents is 1. The van der Waals surface area contributed by atoms with Crippen LogP contribution in [0.1, 0.15) is 25.0 Å². The molecule has 246 valence electrons. The maximum atomic E-state index is 14.5. The Morgan fingerprint density at radius 1 is 0.872 bits per heavy atom. The number of nitro groups is 1. The predicted molar refractivity (Wildman–Crippen MR) is 179 cm³/mol. The number of ether oxygens (including phenoxy) is 1. The summed E-state index contributed by atoms with van der Waals surface area (Å²) in [6.07, 6.45) is 0.170. The number of hydrogen-bond donors (Lipinski definition) is 1. The van der Waals surface area contributed by atoms with Gasteiger partial charge in [0.15, 0.2) is 0 Å². The molecule has 1 atom stereocenters. The van der Waals surface area contributed by atoms with Crippen LogP contribution in [0, 0.1) is 16.0 Å². The maximum Gasteiger partial charge on any atom is 0.269 e. The van der Waals surface area contributed by atoms with Gasteiger partial charge in [-0.3, -0.25) is 24.0 Å². The third kappa shape index (κ3) is 9.17. The van der Waals surface area contributed by atoms with Crippen LogP contribution in [0.25, 0.3) is 0 Å². The van der Waals surface area contributed by atoms with Gasteiger partial charge in [0.05, 0.1) is 22.6 Å². The minimum Gasteiger partial charge on any atom is -0.497 e. The highest BCUT2D eigenvalue weighted by Gasteiger charge is 2.35. The second-order valence-electron chi connectivity index (χ2n) is 11.3. The van der Waals surface area contributed by atoms with Crippen molar-refractivity contribution in [3.05, 3.63) is 130 Å². The molecule has 0 radical (unpaired) electrons. The van der Waals surface area contributed by atoms with Crippen LogP contribution in [0.4, 0.5) is 11.4 Å². The molecule has 0 fully saturated rings. The van der Waals surface area contributed by atoms with E-state index in [1.807, 2.05) is 44.2 Å². The molecule has 47 heavy (non-hydrogen) atoms. The molecule has 4 aromatic rings. The van der Waals surface area contributed by atoms with Crippen molar-refractivity contribution in [3.8, 4) is 5.75 Å². The Kier molecular flexibility index (Phi) is 11.7. The topological polar surface area (TPSA) is 139 Å². The molecule has 11 nitrogen and oxygen atoms in total. The normalized spacial score (nSPS) is 11.8. The summed E-state index contributed by atoms with van der Waals surface area (Å²) in [6.45, 7) is 3.59. The molecular weight excluding hydrogens is 620 g/mol. The fourth-order valence-corrected chi connectivity index (χ4v) is 6.37. The van der Waals surface area contributed by atoms with E-state index in [2.05, 4.69) is 5.32 Å². The standard InChI is InChI=1S/C35H38N4O7S/c1-26(2)23-36-35(41)33(22-27-11-6-4-7-12-27)37(24-28-13-10-14-31(21-28)46-3)34(40)25-38(29-17-19-30(20-18-29)39(42)43)47(44,45)32-15-8-5-9-16-32/h4-21,26,33H,22-25H2,1-3H3,(H,36,41)/t33-/m1/s1. The van der Waals surface area contributed by atoms with Crippen LogP contribution < -0.4 is 14.4 Å². The van der Waals surface area contributed by atoms with Gasteiger partial charge in [0.25, 0.3) is 15.7 Å². The van der Waals surface area contributed by atoms with E-state index in [0.717, 1.165) is 9.87 Å². The summed E-state index contributed by atoms with van der Waals surface area (Å²) in [7, 11) is -2.81. The molecule has 0 aliphatic carbocycles. The number of carbonyl (C=O) groups excluding carboxylic acids is 2. The minimum atomic E-state index is -4.33. The second kappa shape index (κ2) is 15.9. The van der Waals surface area contributed by atoms with E-state index in [0.29, 0.717) is 17.9 Å². The zero-order valence-corrected chi connectivity index (χ0v) is 27.3. The van der Waals surface area contributed by atoms with Gasteiger partial charge in [-0.15, -0.1) is 0 Å². The highest BCUT2D eigenvalue weighted by Crippen LogP contribution is 2.27. The summed E-state index contributed by atoms with van der Waals surface area (Å²) < 4.78 is 34.4. The van der Waals surface area contributed by atoms with Crippen molar-refractivity contribution in [3.63, 3.8) is 0 Å². The lowest BCUT2D eigenvalue weighted by Gasteiger charge is -2.34. The molecule has 0 aromatic heterocycles. The van der Waals surface area contributed by atoms with Gasteiger partial charge >= 0.3 is 0 Å². The average Bonchev–Trinajstić information content (AvgIpc) is 3.08. The number of benzene rings is 4. The third-order valence-electron chi connectivity index (χ3n) is 7.40. The molecule has 12 heteroatoms. The number of nitrogens with one attached hydrogen (secondary N) is 1. The van der Waals surface area contributed by atoms with Gasteiger partial charge in [-0.25, -0.2) is 8.42 Å². The number of anilines is 1. The van der Waals surface area contributed by atoms with E-state index in [-0.39, 0.29) is 41.1 Å². The highest BCUT2D eigenvalue weighted by atomic mass is 32.2. The molecule has 0 aliphatic heterocycles. The molecule has 4 rings (SSSR count). The number of hydrogen-bond acceptors (Lipinski definition) is 7. The molecule has 0 saturated heterocycles. The lowest BCUT2D eigenvalue weighted by Crippen LogP contribution is -2.53. The number of nitrogens with zero attached hydrogens (tertiary/aromatic N) is 3. The van der Waals surface area contributed by atoms with E-state index in [1.165, 1.54) is 48.4 Å². The monoisotopic (exact) mass is 658 g/mol. The Hall–Kier alpha value is -5.23. The lowest BCUT2D eigenvalue weighted by molar-refractivity contribution is -0.384. The molecule has 0 spiro atoms. The van der Waals surface area contributed by atoms with Crippen molar-refractivity contribution in [2.24, 2.45) is 5.92 Å². The van der Waals surface area contributed by atoms with Gasteiger partial charge in [0.2, 0.25) is 11.8 Å². The van der Waals surface area contributed by atoms with Crippen molar-refractivity contribution in [1.29, 1.82) is 0 Å². The largest absolute Gasteiger partial charge is 0.497 e. The highest BCUT2D eigenvalue weighted by molar-refractivity contribution is 7.92. The summed E-state index contributed by atoms with van der Waals surface area (Å²) in [5, 5.41) is 14.3. The molecule has 0 heterocycles. The van der Waals surface area contributed by atoms with E-state index < -0.39 is 33.4 Å². The van der Waals surface area contributed by atoms with E-state index in [1.54, 1.807) is 42.5 Å². The first-order valence-electron chi connectivity index (χ1n) is 15.1. The summed E-state index contributed by atoms with van der Waals surface area (Å²) in [5.74, 6) is -0.330. The Morgan fingerprint density at radius 3 is 2.09 bits per heavy atom. The fraction of sp³-hybridized carbons (Fsp3) is 0.257. The molecule has 0 unspecified atom stereocenters. The number of methoxy groups -OCH3 is 1. The Labute approximate surface area is 275 Å². The predicted octanol–water partition coefficient (Wildman–Crippen LogP) is 5.21. The van der Waals surface area contributed by atoms with Crippen LogP contribution in [-0.2, 0) is 32.6 Å². The number of sulfonamides is 1. The Bertz CT molecular complexity index is 1770. The van der Waals surface area contributed by atoms with Gasteiger partial charge in [-0.05, 0) is 53.4 Å². The second-order valence-corrected chi connectivity index (χ2v) is 13.2. The van der Waals surface area contributed by atoms with Crippen LogP contribution in [-0.4, -0.2) is 56.3 Å². The van der Waals surface area contributed by atoms with E-state index >= 15 is 0 Å². The Balaban J connectivity index is 1.81. The van der Waals surface area contributed by atoms with Crippen molar-refractivity contribution in [1.82, 2.24) is 10.2 Å². The quantitative estimate of drug-likeness (QED) is 0.137. The van der Waals surface area contributed by atoms with Crippen molar-refractivity contribution < 1.29 is 27.7 Å². The first kappa shape index (κ1) is 34.6. The van der Waals surface area contributed by atoms with Gasteiger partial charge in [-0.1, -0.05) is 74.5 Å². The molecule has 0 saturated carbocycles. The molecular formula is C35H38N4O7S. The van der Waals surface area contributed by atoms with Gasteiger partial charge in [-0.2, -0.15) is 0 Å². The summed E-state index contributed by atoms with van der Waals surface area (Å²) in [5.41, 5.74) is 1.30. The molecule has 2 amide bonds. The minimum absolute atomic E-state index is 0.0257. The SMILES string of the molecule is COc1cccc(CN(C(=O)CN(c2ccc([N+](=O)[O-])cc2)S(=O)(=O)c2ccccc2)[C@H](Cc2ccccc2)C(=O)NCC(C)C)c1. The van der Waals surface area contributed by atoms with Crippen LogP contribution >= 0.6 is 0 Å². The lowest BCUT2D eigenvalue weighted by atomic mass is 10.0. The van der Waals surface area contributed by atoms with Crippen LogP contribution in [0.5, 0.6) is 5.75 Å².